The van der Waals surface area contributed by atoms with Gasteiger partial charge in [0.2, 0.25) is 0 Å². The fourth-order valence-corrected chi connectivity index (χ4v) is 3.36. The summed E-state index contributed by atoms with van der Waals surface area (Å²) < 4.78 is 0.125. The van der Waals surface area contributed by atoms with Gasteiger partial charge in [-0.3, -0.25) is 4.79 Å². The fraction of sp³-hybridized carbons (Fsp3) is 0.562. The maximum Gasteiger partial charge on any atom is 0.311 e. The van der Waals surface area contributed by atoms with Crippen LogP contribution in [0, 0.1) is 29.1 Å². The van der Waals surface area contributed by atoms with Crippen LogP contribution in [-0.4, -0.2) is 11.1 Å². The van der Waals surface area contributed by atoms with Crippen molar-refractivity contribution in [2.75, 3.05) is 0 Å². The molecule has 0 saturated heterocycles. The van der Waals surface area contributed by atoms with Gasteiger partial charge in [-0.15, -0.1) is 12.3 Å². The first-order valence-corrected chi connectivity index (χ1v) is 7.31. The molecule has 20 heavy (non-hydrogen) atoms. The van der Waals surface area contributed by atoms with Gasteiger partial charge in [0.25, 0.3) is 0 Å². The zero-order valence-corrected chi connectivity index (χ0v) is 13.6. The number of terminal acetylenes is 1. The van der Waals surface area contributed by atoms with Crippen LogP contribution >= 0.6 is 23.2 Å². The van der Waals surface area contributed by atoms with Crippen LogP contribution in [0.5, 0.6) is 0 Å². The van der Waals surface area contributed by atoms with E-state index < -0.39 is 11.4 Å². The Morgan fingerprint density at radius 1 is 1.45 bits per heavy atom. The lowest BCUT2D eigenvalue weighted by Crippen LogP contribution is -2.22. The SMILES string of the molecule is C#CCCC=C(C)CC1(C(=O)O)C(C=C(Cl)Cl)C1(C)C. The predicted molar refractivity (Wildman–Crippen MR) is 83.6 cm³/mol. The van der Waals surface area contributed by atoms with E-state index in [1.54, 1.807) is 6.08 Å². The molecule has 0 heterocycles. The van der Waals surface area contributed by atoms with Gasteiger partial charge in [-0.2, -0.15) is 0 Å². The number of hydrogen-bond acceptors (Lipinski definition) is 1. The minimum atomic E-state index is -0.835. The van der Waals surface area contributed by atoms with Crippen molar-refractivity contribution in [2.24, 2.45) is 16.7 Å². The summed E-state index contributed by atoms with van der Waals surface area (Å²) in [5, 5.41) is 9.67. The van der Waals surface area contributed by atoms with E-state index in [-0.39, 0.29) is 15.8 Å². The number of rotatable bonds is 6. The molecule has 2 nitrogen and oxygen atoms in total. The number of allylic oxidation sites excluding steroid dienone is 3. The van der Waals surface area contributed by atoms with Crippen molar-refractivity contribution in [1.29, 1.82) is 0 Å². The molecule has 1 N–H and O–H groups in total. The summed E-state index contributed by atoms with van der Waals surface area (Å²) in [5.74, 6) is 1.61. The van der Waals surface area contributed by atoms with Crippen LogP contribution in [-0.2, 0) is 4.79 Å². The van der Waals surface area contributed by atoms with Crippen molar-refractivity contribution in [3.63, 3.8) is 0 Å². The summed E-state index contributed by atoms with van der Waals surface area (Å²) in [6, 6.07) is 0. The average molecular weight is 315 g/mol. The van der Waals surface area contributed by atoms with E-state index in [2.05, 4.69) is 5.92 Å². The lowest BCUT2D eigenvalue weighted by Gasteiger charge is -2.16. The number of carbonyl (C=O) groups is 1. The summed E-state index contributed by atoms with van der Waals surface area (Å²) in [5.41, 5.74) is -0.161. The molecule has 0 bridgehead atoms. The first kappa shape index (κ1) is 17.1. The van der Waals surface area contributed by atoms with Gasteiger partial charge in [0.15, 0.2) is 0 Å². The molecule has 1 rings (SSSR count). The monoisotopic (exact) mass is 314 g/mol. The van der Waals surface area contributed by atoms with Gasteiger partial charge in [-0.1, -0.05) is 48.7 Å². The number of unbranched alkanes of at least 4 members (excludes halogenated alkanes) is 1. The Hall–Kier alpha value is -0.910. The van der Waals surface area contributed by atoms with Gasteiger partial charge in [-0.05, 0) is 31.3 Å². The molecular formula is C16H20Cl2O2. The van der Waals surface area contributed by atoms with Crippen LogP contribution in [0.2, 0.25) is 0 Å². The van der Waals surface area contributed by atoms with Crippen molar-refractivity contribution in [1.82, 2.24) is 0 Å². The van der Waals surface area contributed by atoms with E-state index in [4.69, 9.17) is 29.6 Å². The third-order valence-corrected chi connectivity index (χ3v) is 4.64. The molecule has 0 spiro atoms. The number of carboxylic acid groups (broad SMARTS) is 1. The molecule has 4 heteroatoms. The summed E-state index contributed by atoms with van der Waals surface area (Å²) in [7, 11) is 0. The average Bonchev–Trinajstić information content (AvgIpc) is 2.76. The van der Waals surface area contributed by atoms with Gasteiger partial charge in [0.05, 0.1) is 5.41 Å². The lowest BCUT2D eigenvalue weighted by atomic mass is 9.88. The van der Waals surface area contributed by atoms with Crippen LogP contribution in [0.1, 0.15) is 40.0 Å². The molecule has 1 aliphatic carbocycles. The second-order valence-electron chi connectivity index (χ2n) is 5.90. The van der Waals surface area contributed by atoms with Crippen molar-refractivity contribution >= 4 is 29.2 Å². The van der Waals surface area contributed by atoms with Crippen molar-refractivity contribution in [3.8, 4) is 12.3 Å². The second-order valence-corrected chi connectivity index (χ2v) is 6.91. The molecule has 1 aliphatic rings. The topological polar surface area (TPSA) is 37.3 Å². The highest BCUT2D eigenvalue weighted by atomic mass is 35.5. The molecule has 0 radical (unpaired) electrons. The van der Waals surface area contributed by atoms with Gasteiger partial charge in [0.1, 0.15) is 4.49 Å². The quantitative estimate of drug-likeness (QED) is 0.435. The van der Waals surface area contributed by atoms with E-state index in [1.807, 2.05) is 26.8 Å². The van der Waals surface area contributed by atoms with E-state index in [1.165, 1.54) is 0 Å². The molecule has 1 saturated carbocycles. The van der Waals surface area contributed by atoms with Crippen molar-refractivity contribution in [2.45, 2.75) is 40.0 Å². The summed E-state index contributed by atoms with van der Waals surface area (Å²) in [6.07, 6.45) is 10.8. The molecule has 0 amide bonds. The van der Waals surface area contributed by atoms with E-state index >= 15 is 0 Å². The summed E-state index contributed by atoms with van der Waals surface area (Å²) in [4.78, 5) is 11.8. The van der Waals surface area contributed by atoms with Crippen LogP contribution in [0.4, 0.5) is 0 Å². The van der Waals surface area contributed by atoms with Crippen LogP contribution in [0.15, 0.2) is 22.2 Å². The fourth-order valence-electron chi connectivity index (χ4n) is 3.11. The molecule has 110 valence electrons. The Balaban J connectivity index is 2.97. The summed E-state index contributed by atoms with van der Waals surface area (Å²) in [6.45, 7) is 5.82. The summed E-state index contributed by atoms with van der Waals surface area (Å²) >= 11 is 11.4. The standard InChI is InChI=1S/C16H20Cl2O2/c1-5-6-7-8-11(2)10-16(14(19)20)12(9-13(17)18)15(16,3)4/h1,8-9,12H,6-7,10H2,2-4H3,(H,19,20). The van der Waals surface area contributed by atoms with Gasteiger partial charge in [0, 0.05) is 12.3 Å². The van der Waals surface area contributed by atoms with E-state index in [9.17, 15) is 9.90 Å². The minimum absolute atomic E-state index is 0.125. The number of aliphatic carboxylic acids is 1. The molecule has 0 aliphatic heterocycles. The van der Waals surface area contributed by atoms with Gasteiger partial charge >= 0.3 is 5.97 Å². The molecule has 2 atom stereocenters. The highest BCUT2D eigenvalue weighted by Crippen LogP contribution is 2.72. The highest BCUT2D eigenvalue weighted by molar-refractivity contribution is 6.55. The zero-order chi connectivity index (χ0) is 15.6. The van der Waals surface area contributed by atoms with Gasteiger partial charge < -0.3 is 5.11 Å². The normalized spacial score (nSPS) is 27.6. The third kappa shape index (κ3) is 3.05. The maximum absolute atomic E-state index is 11.8. The molecule has 0 aromatic carbocycles. The van der Waals surface area contributed by atoms with Crippen LogP contribution < -0.4 is 0 Å². The molecule has 0 aromatic rings. The number of hydrogen-bond donors (Lipinski definition) is 1. The Kier molecular flexibility index (Phi) is 5.35. The smallest absolute Gasteiger partial charge is 0.311 e. The minimum Gasteiger partial charge on any atom is -0.481 e. The first-order chi connectivity index (χ1) is 9.20. The number of carboxylic acids is 1. The van der Waals surface area contributed by atoms with Crippen molar-refractivity contribution in [3.05, 3.63) is 22.2 Å². The van der Waals surface area contributed by atoms with E-state index in [0.29, 0.717) is 12.8 Å². The van der Waals surface area contributed by atoms with Crippen molar-refractivity contribution < 1.29 is 9.90 Å². The Morgan fingerprint density at radius 2 is 2.05 bits per heavy atom. The zero-order valence-electron chi connectivity index (χ0n) is 12.0. The largest absolute Gasteiger partial charge is 0.481 e. The second kappa shape index (κ2) is 6.24. The Bertz CT molecular complexity index is 493. The van der Waals surface area contributed by atoms with E-state index in [0.717, 1.165) is 12.0 Å². The molecule has 2 unspecified atom stereocenters. The number of halogens is 2. The van der Waals surface area contributed by atoms with Gasteiger partial charge in [-0.25, -0.2) is 0 Å². The molecule has 1 fully saturated rings. The lowest BCUT2D eigenvalue weighted by molar-refractivity contribution is -0.145. The maximum atomic E-state index is 11.8. The first-order valence-electron chi connectivity index (χ1n) is 6.55. The Labute approximate surface area is 130 Å². The molecular weight excluding hydrogens is 295 g/mol. The predicted octanol–water partition coefficient (Wildman–Crippen LogP) is 4.78. The highest BCUT2D eigenvalue weighted by Gasteiger charge is 2.74. The van der Waals surface area contributed by atoms with Crippen LogP contribution in [0.25, 0.3) is 0 Å². The Morgan fingerprint density at radius 3 is 2.50 bits per heavy atom. The third-order valence-electron chi connectivity index (χ3n) is 4.39. The van der Waals surface area contributed by atoms with Crippen LogP contribution in [0.3, 0.4) is 0 Å². The molecule has 0 aromatic heterocycles.